The van der Waals surface area contributed by atoms with Crippen molar-refractivity contribution in [2.75, 3.05) is 38.2 Å². The summed E-state index contributed by atoms with van der Waals surface area (Å²) in [6, 6.07) is 15.0. The van der Waals surface area contributed by atoms with Gasteiger partial charge in [0.05, 0.1) is 38.4 Å². The number of anilines is 1. The fourth-order valence-electron chi connectivity index (χ4n) is 4.31. The number of aliphatic hydroxyl groups is 1. The number of carbonyl (C=O) groups excluding carboxylic acids is 1. The number of hydrogen-bond donors (Lipinski definition) is 3. The number of ether oxygens (including phenoxy) is 3. The van der Waals surface area contributed by atoms with Crippen molar-refractivity contribution in [2.45, 2.75) is 44.4 Å². The van der Waals surface area contributed by atoms with Gasteiger partial charge in [-0.15, -0.1) is 0 Å². The van der Waals surface area contributed by atoms with Gasteiger partial charge in [0.2, 0.25) is 5.91 Å². The van der Waals surface area contributed by atoms with E-state index < -0.39 is 12.3 Å². The number of carbonyl (C=O) groups is 2. The molecule has 2 aliphatic rings. The van der Waals surface area contributed by atoms with Gasteiger partial charge in [0, 0.05) is 43.7 Å². The molecule has 0 saturated carbocycles. The average Bonchev–Trinajstić information content (AvgIpc) is 2.88. The number of carboxylic acids is 1. The van der Waals surface area contributed by atoms with Gasteiger partial charge in [-0.2, -0.15) is 0 Å². The summed E-state index contributed by atoms with van der Waals surface area (Å²) in [5, 5.41) is 20.9. The van der Waals surface area contributed by atoms with Crippen molar-refractivity contribution in [3.05, 3.63) is 65.2 Å². The predicted molar refractivity (Wildman–Crippen MR) is 128 cm³/mol. The molecule has 9 nitrogen and oxygen atoms in total. The molecule has 2 saturated heterocycles. The van der Waals surface area contributed by atoms with Crippen molar-refractivity contribution in [2.24, 2.45) is 0 Å². The molecule has 2 heterocycles. The minimum atomic E-state index is -1.01. The SMILES string of the molecule is O=C(O)CCC(=O)Nc1cccc(C2OC(CN3CCOCC3)CC(c3ccc(CO)cc3)O2)c1. The number of benzene rings is 2. The Labute approximate surface area is 204 Å². The van der Waals surface area contributed by atoms with Gasteiger partial charge in [-0.05, 0) is 23.3 Å². The van der Waals surface area contributed by atoms with Crippen LogP contribution in [0, 0.1) is 0 Å². The molecular formula is C26H32N2O7. The fraction of sp³-hybridized carbons (Fsp3) is 0.462. The number of rotatable bonds is 9. The van der Waals surface area contributed by atoms with Crippen molar-refractivity contribution >= 4 is 17.6 Å². The Hall–Kier alpha value is -2.82. The molecule has 188 valence electrons. The summed E-state index contributed by atoms with van der Waals surface area (Å²) in [7, 11) is 0. The highest BCUT2D eigenvalue weighted by Gasteiger charge is 2.33. The van der Waals surface area contributed by atoms with E-state index in [-0.39, 0.29) is 37.6 Å². The van der Waals surface area contributed by atoms with Crippen LogP contribution in [0.15, 0.2) is 48.5 Å². The summed E-state index contributed by atoms with van der Waals surface area (Å²) in [6.07, 6.45) is -0.514. The third kappa shape index (κ3) is 7.33. The van der Waals surface area contributed by atoms with E-state index >= 15 is 0 Å². The lowest BCUT2D eigenvalue weighted by Crippen LogP contribution is -2.44. The molecule has 9 heteroatoms. The highest BCUT2D eigenvalue weighted by atomic mass is 16.7. The Balaban J connectivity index is 1.50. The highest BCUT2D eigenvalue weighted by Crippen LogP contribution is 2.38. The molecule has 2 fully saturated rings. The number of aliphatic hydroxyl groups excluding tert-OH is 1. The van der Waals surface area contributed by atoms with Crippen LogP contribution in [0.2, 0.25) is 0 Å². The van der Waals surface area contributed by atoms with Crippen LogP contribution in [-0.2, 0) is 30.4 Å². The van der Waals surface area contributed by atoms with Gasteiger partial charge in [-0.1, -0.05) is 36.4 Å². The van der Waals surface area contributed by atoms with Gasteiger partial charge in [0.15, 0.2) is 6.29 Å². The lowest BCUT2D eigenvalue weighted by atomic mass is 9.99. The number of nitrogens with zero attached hydrogens (tertiary/aromatic N) is 1. The Morgan fingerprint density at radius 1 is 1.00 bits per heavy atom. The highest BCUT2D eigenvalue weighted by molar-refractivity contribution is 5.92. The zero-order valence-corrected chi connectivity index (χ0v) is 19.6. The summed E-state index contributed by atoms with van der Waals surface area (Å²) in [5.74, 6) is -1.37. The van der Waals surface area contributed by atoms with Gasteiger partial charge in [0.1, 0.15) is 0 Å². The first-order valence-corrected chi connectivity index (χ1v) is 11.9. The van der Waals surface area contributed by atoms with Crippen molar-refractivity contribution in [1.82, 2.24) is 4.90 Å². The van der Waals surface area contributed by atoms with E-state index in [1.807, 2.05) is 36.4 Å². The Morgan fingerprint density at radius 3 is 2.49 bits per heavy atom. The van der Waals surface area contributed by atoms with Crippen LogP contribution in [0.1, 0.15) is 48.3 Å². The minimum absolute atomic E-state index is 0.0117. The second kappa shape index (κ2) is 12.2. The van der Waals surface area contributed by atoms with Gasteiger partial charge >= 0.3 is 5.97 Å². The third-order valence-corrected chi connectivity index (χ3v) is 6.19. The molecule has 0 aliphatic carbocycles. The molecule has 0 spiro atoms. The maximum atomic E-state index is 12.1. The topological polar surface area (TPSA) is 118 Å². The number of nitrogens with one attached hydrogen (secondary N) is 1. The van der Waals surface area contributed by atoms with E-state index in [2.05, 4.69) is 10.2 Å². The van der Waals surface area contributed by atoms with Crippen LogP contribution in [0.4, 0.5) is 5.69 Å². The first kappa shape index (κ1) is 25.3. The van der Waals surface area contributed by atoms with Gasteiger partial charge in [0.25, 0.3) is 0 Å². The number of carboxylic acid groups (broad SMARTS) is 1. The van der Waals surface area contributed by atoms with E-state index in [9.17, 15) is 14.7 Å². The van der Waals surface area contributed by atoms with E-state index in [0.717, 1.165) is 36.3 Å². The largest absolute Gasteiger partial charge is 0.481 e. The lowest BCUT2D eigenvalue weighted by molar-refractivity contribution is -0.253. The van der Waals surface area contributed by atoms with Gasteiger partial charge < -0.3 is 29.7 Å². The first-order chi connectivity index (χ1) is 17.0. The molecule has 2 aromatic rings. The molecule has 4 rings (SSSR count). The summed E-state index contributed by atoms with van der Waals surface area (Å²) in [6.45, 7) is 3.89. The maximum absolute atomic E-state index is 12.1. The summed E-state index contributed by atoms with van der Waals surface area (Å²) < 4.78 is 18.2. The standard InChI is InChI=1S/C26H32N2O7/c29-17-18-4-6-19(7-5-18)23-15-22(16-28-10-12-33-13-11-28)34-26(35-23)20-2-1-3-21(14-20)27-24(30)8-9-25(31)32/h1-7,14,22-23,26,29H,8-13,15-17H2,(H,27,30)(H,31,32). The second-order valence-electron chi connectivity index (χ2n) is 8.83. The predicted octanol–water partition coefficient (Wildman–Crippen LogP) is 2.86. The average molecular weight is 485 g/mol. The monoisotopic (exact) mass is 484 g/mol. The maximum Gasteiger partial charge on any atom is 0.303 e. The summed E-state index contributed by atoms with van der Waals surface area (Å²) in [4.78, 5) is 25.2. The second-order valence-corrected chi connectivity index (χ2v) is 8.83. The molecular weight excluding hydrogens is 452 g/mol. The van der Waals surface area contributed by atoms with Gasteiger partial charge in [-0.3, -0.25) is 14.5 Å². The molecule has 1 amide bonds. The lowest BCUT2D eigenvalue weighted by Gasteiger charge is -2.39. The fourth-order valence-corrected chi connectivity index (χ4v) is 4.31. The molecule has 2 aliphatic heterocycles. The molecule has 35 heavy (non-hydrogen) atoms. The first-order valence-electron chi connectivity index (χ1n) is 11.9. The molecule has 3 atom stereocenters. The minimum Gasteiger partial charge on any atom is -0.481 e. The van der Waals surface area contributed by atoms with Crippen molar-refractivity contribution in [3.8, 4) is 0 Å². The van der Waals surface area contributed by atoms with Crippen LogP contribution < -0.4 is 5.32 Å². The smallest absolute Gasteiger partial charge is 0.303 e. The number of amides is 1. The summed E-state index contributed by atoms with van der Waals surface area (Å²) >= 11 is 0. The third-order valence-electron chi connectivity index (χ3n) is 6.19. The van der Waals surface area contributed by atoms with Crippen LogP contribution in [0.5, 0.6) is 0 Å². The van der Waals surface area contributed by atoms with Crippen molar-refractivity contribution < 1.29 is 34.0 Å². The molecule has 0 bridgehead atoms. The van der Waals surface area contributed by atoms with E-state index in [1.165, 1.54) is 0 Å². The Morgan fingerprint density at radius 2 is 1.77 bits per heavy atom. The Bertz CT molecular complexity index is 991. The molecule has 0 aromatic heterocycles. The molecule has 3 N–H and O–H groups in total. The van der Waals surface area contributed by atoms with Crippen LogP contribution in [0.25, 0.3) is 0 Å². The van der Waals surface area contributed by atoms with Crippen LogP contribution in [0.3, 0.4) is 0 Å². The quantitative estimate of drug-likeness (QED) is 0.497. The molecule has 3 unspecified atom stereocenters. The summed E-state index contributed by atoms with van der Waals surface area (Å²) in [5.41, 5.74) is 3.18. The van der Waals surface area contributed by atoms with Crippen molar-refractivity contribution in [1.29, 1.82) is 0 Å². The van der Waals surface area contributed by atoms with Gasteiger partial charge in [-0.25, -0.2) is 0 Å². The van der Waals surface area contributed by atoms with Crippen LogP contribution >= 0.6 is 0 Å². The number of morpholine rings is 1. The zero-order chi connectivity index (χ0) is 24.6. The molecule has 0 radical (unpaired) electrons. The van der Waals surface area contributed by atoms with E-state index in [1.54, 1.807) is 12.1 Å². The normalized spacial score (nSPS) is 23.1. The van der Waals surface area contributed by atoms with E-state index in [4.69, 9.17) is 19.3 Å². The zero-order valence-electron chi connectivity index (χ0n) is 19.6. The van der Waals surface area contributed by atoms with E-state index in [0.29, 0.717) is 25.3 Å². The van der Waals surface area contributed by atoms with Crippen LogP contribution in [-0.4, -0.2) is 65.9 Å². The van der Waals surface area contributed by atoms with Crippen molar-refractivity contribution in [3.63, 3.8) is 0 Å². The Kier molecular flexibility index (Phi) is 8.84. The number of aliphatic carboxylic acids is 1. The number of hydrogen-bond acceptors (Lipinski definition) is 7. The molecule has 2 aromatic carbocycles.